The number of nitrogens with zero attached hydrogens (tertiary/aromatic N) is 2. The van der Waals surface area contributed by atoms with Crippen molar-refractivity contribution in [3.8, 4) is 0 Å². The maximum atomic E-state index is 13.5. The summed E-state index contributed by atoms with van der Waals surface area (Å²) in [5.41, 5.74) is -1.04. The predicted octanol–water partition coefficient (Wildman–Crippen LogP) is 3.35. The van der Waals surface area contributed by atoms with Crippen LogP contribution in [0.2, 0.25) is 0 Å². The maximum absolute atomic E-state index is 13.5. The van der Waals surface area contributed by atoms with Gasteiger partial charge in [0.15, 0.2) is 5.69 Å². The molecule has 4 saturated carbocycles. The molecule has 0 spiro atoms. The first-order chi connectivity index (χ1) is 12.9. The average molecular weight is 384 g/mol. The number of aliphatic hydroxyl groups excluding tert-OH is 1. The zero-order valence-electron chi connectivity index (χ0n) is 15.4. The van der Waals surface area contributed by atoms with Crippen molar-refractivity contribution in [1.82, 2.24) is 15.3 Å². The van der Waals surface area contributed by atoms with Gasteiger partial charge in [0.1, 0.15) is 0 Å². The van der Waals surface area contributed by atoms with Crippen molar-refractivity contribution in [3.63, 3.8) is 0 Å². The number of alkyl halides is 3. The van der Waals surface area contributed by atoms with Gasteiger partial charge in [-0.2, -0.15) is 13.2 Å². The van der Waals surface area contributed by atoms with Gasteiger partial charge in [-0.25, -0.2) is 9.97 Å². The molecule has 1 aromatic rings. The lowest BCUT2D eigenvalue weighted by molar-refractivity contribution is -0.141. The van der Waals surface area contributed by atoms with Crippen molar-refractivity contribution in [3.05, 3.63) is 17.5 Å². The van der Waals surface area contributed by atoms with E-state index in [1.807, 2.05) is 0 Å². The van der Waals surface area contributed by atoms with E-state index < -0.39 is 11.9 Å². The van der Waals surface area contributed by atoms with Crippen LogP contribution in [0.3, 0.4) is 0 Å². The standard InChI is InChI=1S/C19H27F3N4O/c20-19(21,22)16-15(10-23-3-4-27)11-24-17(25-16)26-18-7-12-1-2-13(8-18)6-14(5-12)9-18/h11-14,23,27H,1-10H2,(H,24,25,26). The molecule has 5 rings (SSSR count). The molecule has 3 N–H and O–H groups in total. The largest absolute Gasteiger partial charge is 0.433 e. The normalized spacial score (nSPS) is 32.5. The summed E-state index contributed by atoms with van der Waals surface area (Å²) in [6, 6.07) is 0. The van der Waals surface area contributed by atoms with Gasteiger partial charge >= 0.3 is 6.18 Å². The lowest BCUT2D eigenvalue weighted by atomic mass is 9.63. The number of fused-ring (bicyclic) bond motifs is 1. The third-order valence-corrected chi connectivity index (χ3v) is 6.47. The van der Waals surface area contributed by atoms with Crippen LogP contribution in [-0.2, 0) is 12.7 Å². The molecule has 0 aliphatic heterocycles. The number of anilines is 1. The summed E-state index contributed by atoms with van der Waals surface area (Å²) >= 11 is 0. The smallest absolute Gasteiger partial charge is 0.395 e. The first kappa shape index (κ1) is 18.9. The van der Waals surface area contributed by atoms with Crippen LogP contribution in [0.25, 0.3) is 0 Å². The van der Waals surface area contributed by atoms with Crippen LogP contribution in [0.15, 0.2) is 6.20 Å². The lowest BCUT2D eigenvalue weighted by Crippen LogP contribution is -2.49. The highest BCUT2D eigenvalue weighted by atomic mass is 19.4. The molecule has 4 aliphatic rings. The predicted molar refractivity (Wildman–Crippen MR) is 95.0 cm³/mol. The van der Waals surface area contributed by atoms with E-state index in [1.54, 1.807) is 0 Å². The Kier molecular flexibility index (Phi) is 5.05. The quantitative estimate of drug-likeness (QED) is 0.656. The zero-order valence-corrected chi connectivity index (χ0v) is 15.4. The van der Waals surface area contributed by atoms with Gasteiger partial charge in [0, 0.05) is 30.4 Å². The fourth-order valence-electron chi connectivity index (χ4n) is 5.73. The lowest BCUT2D eigenvalue weighted by Gasteiger charge is -2.48. The molecule has 4 aliphatic carbocycles. The third-order valence-electron chi connectivity index (χ3n) is 6.47. The Balaban J connectivity index is 1.57. The highest BCUT2D eigenvalue weighted by molar-refractivity contribution is 5.35. The molecular formula is C19H27F3N4O. The molecule has 0 saturated heterocycles. The van der Waals surface area contributed by atoms with E-state index in [9.17, 15) is 13.2 Å². The van der Waals surface area contributed by atoms with E-state index in [1.165, 1.54) is 31.9 Å². The summed E-state index contributed by atoms with van der Waals surface area (Å²) in [4.78, 5) is 8.09. The highest BCUT2D eigenvalue weighted by Crippen LogP contribution is 2.54. The first-order valence-electron chi connectivity index (χ1n) is 9.90. The fourth-order valence-corrected chi connectivity index (χ4v) is 5.73. The number of hydrogen-bond acceptors (Lipinski definition) is 5. The number of aliphatic hydroxyl groups is 1. The minimum atomic E-state index is -4.53. The van der Waals surface area contributed by atoms with Crippen LogP contribution in [-0.4, -0.2) is 33.8 Å². The topological polar surface area (TPSA) is 70.1 Å². The number of hydrogen-bond donors (Lipinski definition) is 3. The average Bonchev–Trinajstić information content (AvgIpc) is 2.80. The Morgan fingerprint density at radius 2 is 1.78 bits per heavy atom. The first-order valence-corrected chi connectivity index (χ1v) is 9.90. The molecule has 2 unspecified atom stereocenters. The second-order valence-corrected chi connectivity index (χ2v) is 8.63. The number of aromatic nitrogens is 2. The summed E-state index contributed by atoms with van der Waals surface area (Å²) in [5, 5.41) is 14.9. The van der Waals surface area contributed by atoms with Crippen LogP contribution in [0.1, 0.15) is 56.2 Å². The van der Waals surface area contributed by atoms with Gasteiger partial charge in [-0.05, 0) is 49.9 Å². The van der Waals surface area contributed by atoms with E-state index in [-0.39, 0.29) is 36.7 Å². The van der Waals surface area contributed by atoms with Crippen LogP contribution in [0, 0.1) is 17.8 Å². The SMILES string of the molecule is OCCNCc1cnc(NC23CC4CCC(CC(C4)C2)C3)nc1C(F)(F)F. The molecule has 150 valence electrons. The van der Waals surface area contributed by atoms with Crippen molar-refractivity contribution in [2.24, 2.45) is 17.8 Å². The van der Waals surface area contributed by atoms with Crippen LogP contribution in [0.4, 0.5) is 19.1 Å². The Bertz CT molecular complexity index is 665. The van der Waals surface area contributed by atoms with E-state index in [2.05, 4.69) is 20.6 Å². The van der Waals surface area contributed by atoms with Crippen LogP contribution in [0.5, 0.6) is 0 Å². The molecule has 1 aromatic heterocycles. The van der Waals surface area contributed by atoms with Gasteiger partial charge in [-0.15, -0.1) is 0 Å². The molecule has 0 amide bonds. The molecule has 0 aromatic carbocycles. The fraction of sp³-hybridized carbons (Fsp3) is 0.789. The van der Waals surface area contributed by atoms with Gasteiger partial charge in [-0.3, -0.25) is 0 Å². The molecule has 5 nitrogen and oxygen atoms in total. The molecule has 0 radical (unpaired) electrons. The Morgan fingerprint density at radius 1 is 1.11 bits per heavy atom. The Labute approximate surface area is 157 Å². The number of rotatable bonds is 6. The minimum absolute atomic E-state index is 0.00392. The molecule has 4 fully saturated rings. The van der Waals surface area contributed by atoms with E-state index in [0.717, 1.165) is 19.3 Å². The molecule has 2 atom stereocenters. The monoisotopic (exact) mass is 384 g/mol. The van der Waals surface area contributed by atoms with Crippen LogP contribution < -0.4 is 10.6 Å². The second kappa shape index (κ2) is 7.20. The Hall–Kier alpha value is -1.41. The van der Waals surface area contributed by atoms with Crippen molar-refractivity contribution in [2.45, 2.75) is 63.2 Å². The minimum Gasteiger partial charge on any atom is -0.395 e. The van der Waals surface area contributed by atoms with Gasteiger partial charge in [0.25, 0.3) is 0 Å². The van der Waals surface area contributed by atoms with Crippen LogP contribution >= 0.6 is 0 Å². The number of nitrogens with one attached hydrogen (secondary N) is 2. The molecular weight excluding hydrogens is 357 g/mol. The summed E-state index contributed by atoms with van der Waals surface area (Å²) in [5.74, 6) is 2.12. The van der Waals surface area contributed by atoms with Crippen molar-refractivity contribution >= 4 is 5.95 Å². The van der Waals surface area contributed by atoms with Gasteiger partial charge in [0.05, 0.1) is 6.61 Å². The van der Waals surface area contributed by atoms with Crippen molar-refractivity contribution in [2.75, 3.05) is 18.5 Å². The molecule has 1 heterocycles. The second-order valence-electron chi connectivity index (χ2n) is 8.63. The third kappa shape index (κ3) is 4.06. The molecule has 8 heteroatoms. The van der Waals surface area contributed by atoms with Gasteiger partial charge < -0.3 is 15.7 Å². The maximum Gasteiger partial charge on any atom is 0.433 e. The highest BCUT2D eigenvalue weighted by Gasteiger charge is 2.49. The summed E-state index contributed by atoms with van der Waals surface area (Å²) < 4.78 is 40.5. The molecule has 27 heavy (non-hydrogen) atoms. The van der Waals surface area contributed by atoms with Crippen molar-refractivity contribution < 1.29 is 18.3 Å². The molecule has 4 bridgehead atoms. The zero-order chi connectivity index (χ0) is 19.1. The summed E-state index contributed by atoms with van der Waals surface area (Å²) in [6.45, 7) is 0.0749. The van der Waals surface area contributed by atoms with E-state index in [4.69, 9.17) is 5.11 Å². The van der Waals surface area contributed by atoms with Gasteiger partial charge in [0.2, 0.25) is 5.95 Å². The Morgan fingerprint density at radius 3 is 2.41 bits per heavy atom. The number of halogens is 3. The van der Waals surface area contributed by atoms with E-state index in [0.29, 0.717) is 17.8 Å². The van der Waals surface area contributed by atoms with Gasteiger partial charge in [-0.1, -0.05) is 12.8 Å². The van der Waals surface area contributed by atoms with E-state index >= 15 is 0 Å². The summed E-state index contributed by atoms with van der Waals surface area (Å²) in [7, 11) is 0. The van der Waals surface area contributed by atoms with Crippen molar-refractivity contribution in [1.29, 1.82) is 0 Å². The summed E-state index contributed by atoms with van der Waals surface area (Å²) in [6.07, 6.45) is 4.81.